The summed E-state index contributed by atoms with van der Waals surface area (Å²) in [6.07, 6.45) is 5.66. The van der Waals surface area contributed by atoms with Crippen LogP contribution in [0.2, 0.25) is 0 Å². The highest BCUT2D eigenvalue weighted by Gasteiger charge is 2.18. The minimum Gasteiger partial charge on any atom is -0.444 e. The van der Waals surface area contributed by atoms with Gasteiger partial charge in [-0.05, 0) is 108 Å². The van der Waals surface area contributed by atoms with Crippen LogP contribution in [0.25, 0.3) is 0 Å². The number of amides is 2. The van der Waals surface area contributed by atoms with Crippen LogP contribution in [0.1, 0.15) is 62.5 Å². The molecule has 9 nitrogen and oxygen atoms in total. The summed E-state index contributed by atoms with van der Waals surface area (Å²) < 4.78 is 19.1. The fourth-order valence-corrected chi connectivity index (χ4v) is 4.94. The minimum absolute atomic E-state index is 0.231. The number of nitrogens with zero attached hydrogens (tertiary/aromatic N) is 3. The third kappa shape index (κ3) is 10.4. The van der Waals surface area contributed by atoms with Crippen LogP contribution in [0.3, 0.4) is 0 Å². The van der Waals surface area contributed by atoms with Gasteiger partial charge < -0.3 is 25.2 Å². The summed E-state index contributed by atoms with van der Waals surface area (Å²) in [5.74, 6) is -0.0695. The average molecular weight is 603 g/mol. The summed E-state index contributed by atoms with van der Waals surface area (Å²) >= 11 is 0. The van der Waals surface area contributed by atoms with Crippen LogP contribution in [-0.2, 0) is 11.3 Å². The van der Waals surface area contributed by atoms with Crippen molar-refractivity contribution in [1.82, 2.24) is 14.8 Å². The Balaban J connectivity index is 1.38. The number of rotatable bonds is 13. The molecule has 234 valence electrons. The maximum atomic E-state index is 13.8. The van der Waals surface area contributed by atoms with Crippen molar-refractivity contribution in [3.05, 3.63) is 96.3 Å². The van der Waals surface area contributed by atoms with Crippen molar-refractivity contribution < 1.29 is 18.7 Å². The van der Waals surface area contributed by atoms with Crippen LogP contribution in [0.5, 0.6) is 0 Å². The molecular formula is C34H43FN6O3. The number of carbonyl (C=O) groups is 2. The molecule has 3 N–H and O–H groups in total. The fourth-order valence-electron chi connectivity index (χ4n) is 4.94. The number of aromatic nitrogens is 1. The van der Waals surface area contributed by atoms with Crippen LogP contribution in [0.4, 0.5) is 26.2 Å². The Morgan fingerprint density at radius 3 is 2.36 bits per heavy atom. The molecule has 0 spiro atoms. The van der Waals surface area contributed by atoms with E-state index in [1.54, 1.807) is 69.4 Å². The predicted octanol–water partition coefficient (Wildman–Crippen LogP) is 7.08. The summed E-state index contributed by atoms with van der Waals surface area (Å²) in [5, 5.41) is 8.74. The molecule has 2 aromatic carbocycles. The van der Waals surface area contributed by atoms with Gasteiger partial charge in [0.15, 0.2) is 0 Å². The van der Waals surface area contributed by atoms with Gasteiger partial charge in [-0.15, -0.1) is 0 Å². The molecule has 44 heavy (non-hydrogen) atoms. The van der Waals surface area contributed by atoms with Crippen molar-refractivity contribution >= 4 is 29.1 Å². The number of ether oxygens (including phenoxy) is 1. The highest BCUT2D eigenvalue weighted by Crippen LogP contribution is 2.23. The molecule has 0 atom stereocenters. The SMILES string of the molecule is C=C(Nc1cccc(F)c1)N(CCCCN1CCCC1)Cc1ccc(C(=O)Nc2ccccc2NC(=O)OC(C)(C)C)nc1. The van der Waals surface area contributed by atoms with E-state index in [1.807, 2.05) is 6.07 Å². The highest BCUT2D eigenvalue weighted by atomic mass is 19.1. The van der Waals surface area contributed by atoms with E-state index < -0.39 is 17.6 Å². The van der Waals surface area contributed by atoms with Crippen LogP contribution in [-0.4, -0.2) is 58.6 Å². The number of hydrogen-bond acceptors (Lipinski definition) is 7. The lowest BCUT2D eigenvalue weighted by atomic mass is 10.2. The van der Waals surface area contributed by atoms with E-state index in [2.05, 4.69) is 37.3 Å². The van der Waals surface area contributed by atoms with Crippen LogP contribution in [0, 0.1) is 5.82 Å². The smallest absolute Gasteiger partial charge is 0.412 e. The van der Waals surface area contributed by atoms with Gasteiger partial charge in [-0.1, -0.05) is 30.8 Å². The van der Waals surface area contributed by atoms with Gasteiger partial charge in [-0.2, -0.15) is 0 Å². The maximum Gasteiger partial charge on any atom is 0.412 e. The van der Waals surface area contributed by atoms with E-state index in [1.165, 1.54) is 38.1 Å². The molecule has 1 aliphatic heterocycles. The fraction of sp³-hybridized carbons (Fsp3) is 0.382. The lowest BCUT2D eigenvalue weighted by Gasteiger charge is -2.28. The van der Waals surface area contributed by atoms with Crippen molar-refractivity contribution in [2.75, 3.05) is 42.1 Å². The van der Waals surface area contributed by atoms with Gasteiger partial charge in [0, 0.05) is 25.0 Å². The summed E-state index contributed by atoms with van der Waals surface area (Å²) in [4.78, 5) is 34.4. The molecule has 1 saturated heterocycles. The van der Waals surface area contributed by atoms with E-state index >= 15 is 0 Å². The molecular weight excluding hydrogens is 559 g/mol. The number of hydrogen-bond donors (Lipinski definition) is 3. The summed E-state index contributed by atoms with van der Waals surface area (Å²) in [6.45, 7) is 14.3. The third-order valence-corrected chi connectivity index (χ3v) is 7.09. The summed E-state index contributed by atoms with van der Waals surface area (Å²) in [7, 11) is 0. The molecule has 0 radical (unpaired) electrons. The Morgan fingerprint density at radius 2 is 1.70 bits per heavy atom. The number of unbranched alkanes of at least 4 members (excludes halogenated alkanes) is 1. The Hall–Kier alpha value is -4.44. The standard InChI is InChI=1S/C34H43FN6O3/c1-25(37-28-13-11-12-27(35)22-28)41(21-10-9-20-40-18-7-8-19-40)24-26-16-17-31(36-23-26)32(42)38-29-14-5-6-15-30(29)39-33(43)44-34(2,3)4/h5-6,11-17,22-23,37H,1,7-10,18-21,24H2,2-4H3,(H,38,42)(H,39,43). The first-order chi connectivity index (χ1) is 21.1. The largest absolute Gasteiger partial charge is 0.444 e. The molecule has 1 aliphatic rings. The minimum atomic E-state index is -0.654. The molecule has 0 aliphatic carbocycles. The van der Waals surface area contributed by atoms with Crippen molar-refractivity contribution in [2.24, 2.45) is 0 Å². The van der Waals surface area contributed by atoms with E-state index in [0.717, 1.165) is 31.5 Å². The van der Waals surface area contributed by atoms with Crippen molar-refractivity contribution in [1.29, 1.82) is 0 Å². The van der Waals surface area contributed by atoms with E-state index in [9.17, 15) is 14.0 Å². The molecule has 10 heteroatoms. The second-order valence-electron chi connectivity index (χ2n) is 11.9. The van der Waals surface area contributed by atoms with Crippen molar-refractivity contribution in [3.63, 3.8) is 0 Å². The highest BCUT2D eigenvalue weighted by molar-refractivity contribution is 6.05. The number of halogens is 1. The number of para-hydroxylation sites is 2. The first-order valence-corrected chi connectivity index (χ1v) is 15.1. The molecule has 1 aromatic heterocycles. The quantitative estimate of drug-likeness (QED) is 0.180. The number of likely N-dealkylation sites (tertiary alicyclic amines) is 1. The molecule has 1 fully saturated rings. The number of anilines is 3. The average Bonchev–Trinajstić information content (AvgIpc) is 3.49. The van der Waals surface area contributed by atoms with E-state index in [4.69, 9.17) is 4.74 Å². The monoisotopic (exact) mass is 602 g/mol. The zero-order chi connectivity index (χ0) is 31.5. The van der Waals surface area contributed by atoms with Gasteiger partial charge >= 0.3 is 6.09 Å². The Labute approximate surface area is 259 Å². The summed E-state index contributed by atoms with van der Waals surface area (Å²) in [5.41, 5.74) is 1.94. The number of pyridine rings is 1. The van der Waals surface area contributed by atoms with Gasteiger partial charge in [0.25, 0.3) is 5.91 Å². The maximum absolute atomic E-state index is 13.8. The van der Waals surface area contributed by atoms with Gasteiger partial charge in [0.2, 0.25) is 0 Å². The number of benzene rings is 2. The van der Waals surface area contributed by atoms with E-state index in [0.29, 0.717) is 29.4 Å². The Bertz CT molecular complexity index is 1420. The molecule has 2 heterocycles. The lowest BCUT2D eigenvalue weighted by molar-refractivity contribution is 0.0635. The topological polar surface area (TPSA) is 98.8 Å². The van der Waals surface area contributed by atoms with E-state index in [-0.39, 0.29) is 11.5 Å². The first kappa shape index (κ1) is 32.5. The zero-order valence-electron chi connectivity index (χ0n) is 25.9. The third-order valence-electron chi connectivity index (χ3n) is 7.09. The van der Waals surface area contributed by atoms with Crippen LogP contribution < -0.4 is 16.0 Å². The lowest BCUT2D eigenvalue weighted by Crippen LogP contribution is -2.28. The van der Waals surface area contributed by atoms with Gasteiger partial charge in [-0.25, -0.2) is 9.18 Å². The normalized spacial score (nSPS) is 13.3. The van der Waals surface area contributed by atoms with Crippen molar-refractivity contribution in [2.45, 2.75) is 58.6 Å². The second-order valence-corrected chi connectivity index (χ2v) is 11.9. The van der Waals surface area contributed by atoms with Crippen LogP contribution in [0.15, 0.2) is 79.3 Å². The predicted molar refractivity (Wildman–Crippen MR) is 173 cm³/mol. The Kier molecular flexibility index (Phi) is 11.3. The zero-order valence-corrected chi connectivity index (χ0v) is 25.9. The molecule has 0 unspecified atom stereocenters. The first-order valence-electron chi connectivity index (χ1n) is 15.1. The number of nitrogens with one attached hydrogen (secondary N) is 3. The van der Waals surface area contributed by atoms with Crippen molar-refractivity contribution in [3.8, 4) is 0 Å². The molecule has 0 saturated carbocycles. The van der Waals surface area contributed by atoms with Crippen LogP contribution >= 0.6 is 0 Å². The van der Waals surface area contributed by atoms with Gasteiger partial charge in [0.05, 0.1) is 17.2 Å². The van der Waals surface area contributed by atoms with Gasteiger partial charge in [-0.3, -0.25) is 15.1 Å². The molecule has 0 bridgehead atoms. The second kappa shape index (κ2) is 15.3. The number of carbonyl (C=O) groups excluding carboxylic acids is 2. The molecule has 2 amide bonds. The Morgan fingerprint density at radius 1 is 0.977 bits per heavy atom. The summed E-state index contributed by atoms with van der Waals surface area (Å²) in [6, 6.07) is 16.7. The molecule has 4 rings (SSSR count). The molecule has 3 aromatic rings. The van der Waals surface area contributed by atoms with Gasteiger partial charge in [0.1, 0.15) is 17.1 Å².